The maximum Gasteiger partial charge on any atom is 0.339 e. The molecule has 0 saturated carbocycles. The van der Waals surface area contributed by atoms with Gasteiger partial charge in [-0.2, -0.15) is 5.10 Å². The van der Waals surface area contributed by atoms with Crippen molar-refractivity contribution >= 4 is 17.6 Å². The predicted octanol–water partition coefficient (Wildman–Crippen LogP) is 3.90. The van der Waals surface area contributed by atoms with Crippen molar-refractivity contribution in [3.05, 3.63) is 64.6 Å². The van der Waals surface area contributed by atoms with E-state index in [0.29, 0.717) is 22.0 Å². The molecule has 0 aliphatic rings. The Bertz CT molecular complexity index is 888. The number of pyridine rings is 1. The fourth-order valence-electron chi connectivity index (χ4n) is 2.55. The molecule has 0 fully saturated rings. The Hall–Kier alpha value is -2.66. The number of hydrogen-bond acceptors (Lipinski definition) is 3. The zero-order valence-electron chi connectivity index (χ0n) is 12.6. The summed E-state index contributed by atoms with van der Waals surface area (Å²) in [5.41, 5.74) is 3.36. The van der Waals surface area contributed by atoms with Crippen LogP contribution in [0.3, 0.4) is 0 Å². The molecule has 23 heavy (non-hydrogen) atoms. The van der Waals surface area contributed by atoms with Crippen LogP contribution in [0.2, 0.25) is 5.02 Å². The lowest BCUT2D eigenvalue weighted by Crippen LogP contribution is -2.04. The molecule has 0 spiro atoms. The van der Waals surface area contributed by atoms with Gasteiger partial charge in [-0.25, -0.2) is 9.48 Å². The van der Waals surface area contributed by atoms with Crippen molar-refractivity contribution in [3.63, 3.8) is 0 Å². The summed E-state index contributed by atoms with van der Waals surface area (Å²) in [7, 11) is 0. The summed E-state index contributed by atoms with van der Waals surface area (Å²) >= 11 is 6.20. The molecule has 0 unspecified atom stereocenters. The molecular weight excluding hydrogens is 314 g/mol. The monoisotopic (exact) mass is 327 g/mol. The molecule has 0 atom stereocenters. The average molecular weight is 328 g/mol. The van der Waals surface area contributed by atoms with Gasteiger partial charge in [-0.15, -0.1) is 0 Å². The van der Waals surface area contributed by atoms with E-state index >= 15 is 0 Å². The Labute approximate surface area is 138 Å². The number of carboxylic acid groups (broad SMARTS) is 1. The second kappa shape index (κ2) is 5.85. The first-order chi connectivity index (χ1) is 11.0. The first kappa shape index (κ1) is 15.2. The highest BCUT2D eigenvalue weighted by molar-refractivity contribution is 6.31. The average Bonchev–Trinajstić information content (AvgIpc) is 2.88. The third-order valence-electron chi connectivity index (χ3n) is 3.68. The van der Waals surface area contributed by atoms with Crippen LogP contribution in [0.1, 0.15) is 21.6 Å². The number of nitrogens with zero attached hydrogens (tertiary/aromatic N) is 3. The molecule has 0 saturated heterocycles. The van der Waals surface area contributed by atoms with Crippen LogP contribution in [0.25, 0.3) is 16.9 Å². The van der Waals surface area contributed by atoms with E-state index < -0.39 is 5.97 Å². The molecule has 3 aromatic rings. The fraction of sp³-hybridized carbons (Fsp3) is 0.118. The summed E-state index contributed by atoms with van der Waals surface area (Å²) in [6, 6.07) is 9.04. The van der Waals surface area contributed by atoms with Crippen LogP contribution in [-0.4, -0.2) is 25.8 Å². The minimum absolute atomic E-state index is 0.164. The maximum absolute atomic E-state index is 11.7. The quantitative estimate of drug-likeness (QED) is 0.792. The lowest BCUT2D eigenvalue weighted by atomic mass is 10.1. The Morgan fingerprint density at radius 3 is 2.65 bits per heavy atom. The van der Waals surface area contributed by atoms with Crippen LogP contribution in [0.4, 0.5) is 0 Å². The normalized spacial score (nSPS) is 10.7. The molecular formula is C17H14ClN3O2. The summed E-state index contributed by atoms with van der Waals surface area (Å²) in [6.45, 7) is 3.56. The summed E-state index contributed by atoms with van der Waals surface area (Å²) in [4.78, 5) is 15.8. The molecule has 3 rings (SSSR count). The van der Waals surface area contributed by atoms with Gasteiger partial charge >= 0.3 is 5.97 Å². The molecule has 2 heterocycles. The van der Waals surface area contributed by atoms with Crippen LogP contribution in [0.15, 0.2) is 42.7 Å². The van der Waals surface area contributed by atoms with Crippen molar-refractivity contribution in [2.24, 2.45) is 0 Å². The molecule has 116 valence electrons. The zero-order valence-corrected chi connectivity index (χ0v) is 13.4. The van der Waals surface area contributed by atoms with Crippen molar-refractivity contribution in [1.29, 1.82) is 0 Å². The van der Waals surface area contributed by atoms with E-state index in [4.69, 9.17) is 11.6 Å². The number of aromatic nitrogens is 3. The highest BCUT2D eigenvalue weighted by atomic mass is 35.5. The van der Waals surface area contributed by atoms with Gasteiger partial charge in [0.25, 0.3) is 0 Å². The summed E-state index contributed by atoms with van der Waals surface area (Å²) in [6.07, 6.45) is 3.27. The highest BCUT2D eigenvalue weighted by Crippen LogP contribution is 2.31. The Morgan fingerprint density at radius 1 is 1.22 bits per heavy atom. The highest BCUT2D eigenvalue weighted by Gasteiger charge is 2.24. The van der Waals surface area contributed by atoms with Crippen LogP contribution >= 0.6 is 11.6 Å². The van der Waals surface area contributed by atoms with Crippen molar-refractivity contribution in [1.82, 2.24) is 14.8 Å². The van der Waals surface area contributed by atoms with E-state index in [1.54, 1.807) is 36.1 Å². The molecule has 6 heteroatoms. The molecule has 5 nitrogen and oxygen atoms in total. The van der Waals surface area contributed by atoms with Gasteiger partial charge in [0, 0.05) is 23.0 Å². The van der Waals surface area contributed by atoms with E-state index in [0.717, 1.165) is 11.3 Å². The largest absolute Gasteiger partial charge is 0.478 e. The second-order valence-electron chi connectivity index (χ2n) is 5.15. The van der Waals surface area contributed by atoms with Gasteiger partial charge in [0.2, 0.25) is 0 Å². The maximum atomic E-state index is 11.7. The Balaban J connectivity index is 2.36. The van der Waals surface area contributed by atoms with E-state index in [2.05, 4.69) is 10.1 Å². The van der Waals surface area contributed by atoms with E-state index in [1.165, 1.54) is 0 Å². The number of hydrogen-bond donors (Lipinski definition) is 1. The van der Waals surface area contributed by atoms with E-state index in [-0.39, 0.29) is 5.56 Å². The molecule has 2 aromatic heterocycles. The standard InChI is InChI=1S/C17H14ClN3O2/c1-10-13(18)6-3-7-14(10)21-16(12-5-4-8-19-9-12)15(17(22)23)11(2)20-21/h3-9H,1-2H3,(H,22,23). The number of carbonyl (C=O) groups is 1. The SMILES string of the molecule is Cc1nn(-c2cccc(Cl)c2C)c(-c2cccnc2)c1C(=O)O. The van der Waals surface area contributed by atoms with Crippen LogP contribution < -0.4 is 0 Å². The van der Waals surface area contributed by atoms with Crippen molar-refractivity contribution in [2.45, 2.75) is 13.8 Å². The summed E-state index contributed by atoms with van der Waals surface area (Å²) < 4.78 is 1.62. The van der Waals surface area contributed by atoms with Gasteiger partial charge in [0.05, 0.1) is 17.1 Å². The number of halogens is 1. The van der Waals surface area contributed by atoms with Crippen molar-refractivity contribution in [2.75, 3.05) is 0 Å². The molecule has 0 amide bonds. The zero-order chi connectivity index (χ0) is 16.6. The first-order valence-electron chi connectivity index (χ1n) is 6.99. The minimum Gasteiger partial charge on any atom is -0.478 e. The molecule has 0 bridgehead atoms. The topological polar surface area (TPSA) is 68.0 Å². The molecule has 0 aliphatic heterocycles. The fourth-order valence-corrected chi connectivity index (χ4v) is 2.72. The Morgan fingerprint density at radius 2 is 2.00 bits per heavy atom. The van der Waals surface area contributed by atoms with Gasteiger partial charge < -0.3 is 5.11 Å². The van der Waals surface area contributed by atoms with E-state index in [1.807, 2.05) is 25.1 Å². The number of rotatable bonds is 3. The lowest BCUT2D eigenvalue weighted by Gasteiger charge is -2.12. The molecule has 1 aromatic carbocycles. The Kier molecular flexibility index (Phi) is 3.88. The number of benzene rings is 1. The predicted molar refractivity (Wildman–Crippen MR) is 88.2 cm³/mol. The summed E-state index contributed by atoms with van der Waals surface area (Å²) in [5.74, 6) is -1.02. The lowest BCUT2D eigenvalue weighted by molar-refractivity contribution is 0.0697. The third kappa shape index (κ3) is 2.59. The second-order valence-corrected chi connectivity index (χ2v) is 5.56. The third-order valence-corrected chi connectivity index (χ3v) is 4.09. The number of aryl methyl sites for hydroxylation is 1. The number of carboxylic acids is 1. The molecule has 1 N–H and O–H groups in total. The van der Waals surface area contributed by atoms with Crippen molar-refractivity contribution < 1.29 is 9.90 Å². The van der Waals surface area contributed by atoms with Crippen LogP contribution in [0.5, 0.6) is 0 Å². The van der Waals surface area contributed by atoms with Gasteiger partial charge in [0.15, 0.2) is 0 Å². The van der Waals surface area contributed by atoms with Crippen molar-refractivity contribution in [3.8, 4) is 16.9 Å². The van der Waals surface area contributed by atoms with Crippen LogP contribution in [-0.2, 0) is 0 Å². The first-order valence-corrected chi connectivity index (χ1v) is 7.37. The number of aromatic carboxylic acids is 1. The molecule has 0 aliphatic carbocycles. The van der Waals surface area contributed by atoms with Gasteiger partial charge in [-0.1, -0.05) is 17.7 Å². The summed E-state index contributed by atoms with van der Waals surface area (Å²) in [5, 5.41) is 14.6. The van der Waals surface area contributed by atoms with Gasteiger partial charge in [-0.05, 0) is 43.7 Å². The van der Waals surface area contributed by atoms with Gasteiger partial charge in [0.1, 0.15) is 5.56 Å². The van der Waals surface area contributed by atoms with Crippen LogP contribution in [0, 0.1) is 13.8 Å². The minimum atomic E-state index is -1.02. The molecule has 0 radical (unpaired) electrons. The smallest absolute Gasteiger partial charge is 0.339 e. The van der Waals surface area contributed by atoms with Gasteiger partial charge in [-0.3, -0.25) is 4.98 Å². The van der Waals surface area contributed by atoms with E-state index in [9.17, 15) is 9.90 Å².